The molecule has 0 amide bonds. The summed E-state index contributed by atoms with van der Waals surface area (Å²) in [5.74, 6) is 0.660. The van der Waals surface area contributed by atoms with Gasteiger partial charge in [-0.05, 0) is 31.7 Å². The highest BCUT2D eigenvalue weighted by molar-refractivity contribution is 4.72. The van der Waals surface area contributed by atoms with Crippen LogP contribution in [0.1, 0.15) is 65.7 Å². The predicted molar refractivity (Wildman–Crippen MR) is 74.4 cm³/mol. The van der Waals surface area contributed by atoms with Gasteiger partial charge < -0.3 is 10.1 Å². The van der Waals surface area contributed by atoms with Crippen molar-refractivity contribution < 1.29 is 4.74 Å². The summed E-state index contributed by atoms with van der Waals surface area (Å²) < 4.78 is 6.12. The van der Waals surface area contributed by atoms with Crippen LogP contribution < -0.4 is 5.32 Å². The van der Waals surface area contributed by atoms with E-state index in [0.29, 0.717) is 18.1 Å². The normalized spacial score (nSPS) is 20.5. The Morgan fingerprint density at radius 2 is 1.76 bits per heavy atom. The molecule has 102 valence electrons. The summed E-state index contributed by atoms with van der Waals surface area (Å²) in [6.45, 7) is 8.78. The van der Waals surface area contributed by atoms with Gasteiger partial charge in [-0.25, -0.2) is 0 Å². The fourth-order valence-electron chi connectivity index (χ4n) is 2.47. The third-order valence-electron chi connectivity index (χ3n) is 3.77. The first kappa shape index (κ1) is 15.0. The Bertz CT molecular complexity index is 174. The molecule has 1 unspecified atom stereocenters. The van der Waals surface area contributed by atoms with Crippen LogP contribution in [0, 0.1) is 5.92 Å². The van der Waals surface area contributed by atoms with Gasteiger partial charge in [-0.2, -0.15) is 0 Å². The lowest BCUT2D eigenvalue weighted by molar-refractivity contribution is 0.0218. The van der Waals surface area contributed by atoms with Crippen LogP contribution in [0.25, 0.3) is 0 Å². The Hall–Kier alpha value is -0.0800. The van der Waals surface area contributed by atoms with Gasteiger partial charge in [0.25, 0.3) is 0 Å². The molecule has 2 nitrogen and oxygen atoms in total. The van der Waals surface area contributed by atoms with Gasteiger partial charge >= 0.3 is 0 Å². The predicted octanol–water partition coefficient (Wildman–Crippen LogP) is 3.75. The van der Waals surface area contributed by atoms with Crippen molar-refractivity contribution in [3.05, 3.63) is 0 Å². The van der Waals surface area contributed by atoms with E-state index in [1.807, 2.05) is 0 Å². The largest absolute Gasteiger partial charge is 0.377 e. The zero-order valence-corrected chi connectivity index (χ0v) is 12.0. The summed E-state index contributed by atoms with van der Waals surface area (Å²) in [6.07, 6.45) is 9.81. The van der Waals surface area contributed by atoms with E-state index in [4.69, 9.17) is 4.74 Å². The van der Waals surface area contributed by atoms with Crippen LogP contribution >= 0.6 is 0 Å². The second kappa shape index (κ2) is 8.93. The van der Waals surface area contributed by atoms with E-state index < -0.39 is 0 Å². The molecule has 1 atom stereocenters. The Kier molecular flexibility index (Phi) is 7.87. The molecular weight excluding hydrogens is 210 g/mol. The van der Waals surface area contributed by atoms with E-state index in [2.05, 4.69) is 26.1 Å². The molecule has 0 aromatic rings. The standard InChI is InChI=1S/C15H31NO/c1-4-11-16-15(13(2)3)12-17-14-9-7-5-6-8-10-14/h13-16H,4-12H2,1-3H3. The van der Waals surface area contributed by atoms with Gasteiger partial charge in [0, 0.05) is 6.04 Å². The van der Waals surface area contributed by atoms with Crippen LogP contribution in [0.2, 0.25) is 0 Å². The van der Waals surface area contributed by atoms with Crippen LogP contribution in [0.4, 0.5) is 0 Å². The number of rotatable bonds is 7. The summed E-state index contributed by atoms with van der Waals surface area (Å²) in [5, 5.41) is 3.60. The maximum Gasteiger partial charge on any atom is 0.0625 e. The van der Waals surface area contributed by atoms with Crippen LogP contribution in [-0.4, -0.2) is 25.3 Å². The molecule has 0 aliphatic heterocycles. The average molecular weight is 241 g/mol. The van der Waals surface area contributed by atoms with E-state index >= 15 is 0 Å². The summed E-state index contributed by atoms with van der Waals surface area (Å²) >= 11 is 0. The Labute approximate surface area is 108 Å². The van der Waals surface area contributed by atoms with Crippen molar-refractivity contribution in [2.75, 3.05) is 13.2 Å². The van der Waals surface area contributed by atoms with E-state index in [9.17, 15) is 0 Å². The minimum absolute atomic E-state index is 0.526. The molecule has 0 bridgehead atoms. The van der Waals surface area contributed by atoms with Crippen molar-refractivity contribution in [2.24, 2.45) is 5.92 Å². The molecule has 1 fully saturated rings. The molecule has 1 rings (SSSR count). The van der Waals surface area contributed by atoms with Crippen molar-refractivity contribution in [1.29, 1.82) is 0 Å². The first-order chi connectivity index (χ1) is 8.24. The van der Waals surface area contributed by atoms with Gasteiger partial charge in [-0.1, -0.05) is 46.5 Å². The fourth-order valence-corrected chi connectivity index (χ4v) is 2.47. The second-order valence-electron chi connectivity index (χ2n) is 5.75. The molecule has 1 aliphatic rings. The molecule has 0 aromatic heterocycles. The first-order valence-corrected chi connectivity index (χ1v) is 7.59. The Balaban J connectivity index is 2.24. The SMILES string of the molecule is CCCNC(COC1CCCCCC1)C(C)C. The highest BCUT2D eigenvalue weighted by Gasteiger charge is 2.17. The lowest BCUT2D eigenvalue weighted by Crippen LogP contribution is -2.39. The number of hydrogen-bond donors (Lipinski definition) is 1. The highest BCUT2D eigenvalue weighted by atomic mass is 16.5. The Morgan fingerprint density at radius 3 is 2.29 bits per heavy atom. The minimum atomic E-state index is 0.526. The number of nitrogens with one attached hydrogen (secondary N) is 1. The second-order valence-corrected chi connectivity index (χ2v) is 5.75. The van der Waals surface area contributed by atoms with Crippen LogP contribution in [0.3, 0.4) is 0 Å². The fraction of sp³-hybridized carbons (Fsp3) is 1.00. The van der Waals surface area contributed by atoms with Gasteiger partial charge in [-0.3, -0.25) is 0 Å². The molecule has 2 heteroatoms. The van der Waals surface area contributed by atoms with E-state index in [0.717, 1.165) is 13.2 Å². The first-order valence-electron chi connectivity index (χ1n) is 7.59. The summed E-state index contributed by atoms with van der Waals surface area (Å²) in [7, 11) is 0. The van der Waals surface area contributed by atoms with Gasteiger partial charge in [0.1, 0.15) is 0 Å². The average Bonchev–Trinajstić information content (AvgIpc) is 2.57. The molecule has 0 radical (unpaired) electrons. The van der Waals surface area contributed by atoms with Gasteiger partial charge in [0.05, 0.1) is 12.7 Å². The van der Waals surface area contributed by atoms with Gasteiger partial charge in [-0.15, -0.1) is 0 Å². The van der Waals surface area contributed by atoms with Crippen molar-refractivity contribution in [3.8, 4) is 0 Å². The quantitative estimate of drug-likeness (QED) is 0.685. The highest BCUT2D eigenvalue weighted by Crippen LogP contribution is 2.20. The molecule has 1 N–H and O–H groups in total. The zero-order valence-electron chi connectivity index (χ0n) is 12.0. The van der Waals surface area contributed by atoms with Crippen LogP contribution in [0.15, 0.2) is 0 Å². The molecule has 0 spiro atoms. The molecule has 0 saturated heterocycles. The summed E-state index contributed by atoms with van der Waals surface area (Å²) in [5.41, 5.74) is 0. The van der Waals surface area contributed by atoms with E-state index in [1.54, 1.807) is 0 Å². The summed E-state index contributed by atoms with van der Waals surface area (Å²) in [4.78, 5) is 0. The molecule has 0 aromatic carbocycles. The lowest BCUT2D eigenvalue weighted by atomic mass is 10.0. The monoisotopic (exact) mass is 241 g/mol. The lowest BCUT2D eigenvalue weighted by Gasteiger charge is -2.25. The van der Waals surface area contributed by atoms with Crippen molar-refractivity contribution in [1.82, 2.24) is 5.32 Å². The summed E-state index contributed by atoms with van der Waals surface area (Å²) in [6, 6.07) is 0.526. The van der Waals surface area contributed by atoms with Crippen molar-refractivity contribution in [2.45, 2.75) is 77.9 Å². The molecular formula is C15H31NO. The number of hydrogen-bond acceptors (Lipinski definition) is 2. The topological polar surface area (TPSA) is 21.3 Å². The Morgan fingerprint density at radius 1 is 1.12 bits per heavy atom. The molecule has 17 heavy (non-hydrogen) atoms. The van der Waals surface area contributed by atoms with Gasteiger partial charge in [0.2, 0.25) is 0 Å². The van der Waals surface area contributed by atoms with Crippen LogP contribution in [0.5, 0.6) is 0 Å². The third-order valence-corrected chi connectivity index (χ3v) is 3.77. The maximum absolute atomic E-state index is 6.12. The zero-order chi connectivity index (χ0) is 12.5. The smallest absolute Gasteiger partial charge is 0.0625 e. The van der Waals surface area contributed by atoms with Crippen molar-refractivity contribution >= 4 is 0 Å². The number of ether oxygens (including phenoxy) is 1. The van der Waals surface area contributed by atoms with E-state index in [-0.39, 0.29) is 0 Å². The van der Waals surface area contributed by atoms with Gasteiger partial charge in [0.15, 0.2) is 0 Å². The third kappa shape index (κ3) is 6.42. The van der Waals surface area contributed by atoms with Crippen molar-refractivity contribution in [3.63, 3.8) is 0 Å². The minimum Gasteiger partial charge on any atom is -0.377 e. The van der Waals surface area contributed by atoms with E-state index in [1.165, 1.54) is 44.9 Å². The molecule has 1 saturated carbocycles. The maximum atomic E-state index is 6.12. The molecule has 0 heterocycles. The molecule has 1 aliphatic carbocycles. The van der Waals surface area contributed by atoms with Crippen LogP contribution in [-0.2, 0) is 4.74 Å².